The Morgan fingerprint density at radius 1 is 1.18 bits per heavy atom. The lowest BCUT2D eigenvalue weighted by atomic mass is 9.80. The second kappa shape index (κ2) is 9.09. The fraction of sp³-hybridized carbons (Fsp3) is 0.520. The Labute approximate surface area is 197 Å². The summed E-state index contributed by atoms with van der Waals surface area (Å²) in [6, 6.07) is 11.3. The van der Waals surface area contributed by atoms with Crippen molar-refractivity contribution >= 4 is 11.9 Å². The quantitative estimate of drug-likeness (QED) is 0.659. The molecular formula is C25H30F3N3O3. The van der Waals surface area contributed by atoms with Gasteiger partial charge in [0.1, 0.15) is 11.4 Å². The van der Waals surface area contributed by atoms with E-state index >= 15 is 0 Å². The maximum absolute atomic E-state index is 13.2. The smallest absolute Gasteiger partial charge is 0.416 e. The van der Waals surface area contributed by atoms with Crippen molar-refractivity contribution in [3.63, 3.8) is 0 Å². The monoisotopic (exact) mass is 477 g/mol. The third kappa shape index (κ3) is 5.29. The normalized spacial score (nSPS) is 24.2. The molecular weight excluding hydrogens is 447 g/mol. The molecule has 2 unspecified atom stereocenters. The zero-order valence-corrected chi connectivity index (χ0v) is 19.4. The van der Waals surface area contributed by atoms with Gasteiger partial charge in [-0.2, -0.15) is 13.2 Å². The van der Waals surface area contributed by atoms with Crippen molar-refractivity contribution in [2.45, 2.75) is 63.0 Å². The molecule has 34 heavy (non-hydrogen) atoms. The summed E-state index contributed by atoms with van der Waals surface area (Å²) in [4.78, 5) is 20.8. The van der Waals surface area contributed by atoms with Crippen LogP contribution in [0.5, 0.6) is 0 Å². The number of hydrogen-bond acceptors (Lipinski definition) is 5. The number of cyclic esters (lactones) is 1. The maximum atomic E-state index is 13.2. The van der Waals surface area contributed by atoms with Gasteiger partial charge in [-0.15, -0.1) is 0 Å². The van der Waals surface area contributed by atoms with Crippen LogP contribution in [-0.4, -0.2) is 52.4 Å². The standard InChI is InChI=1S/C25H30F3N3O3/c1-23(2,33)17-24(18-7-4-3-5-8-18)11-14-31(22(32)34-24)20-9-6-13-30(16-20)21-15-19(10-12-29-21)25(26,27)28/h3-5,7-8,10,12,15,20,33H,6,9,11,13-14,16-17H2,1-2H3. The third-order valence-electron chi connectivity index (χ3n) is 6.53. The van der Waals surface area contributed by atoms with Gasteiger partial charge in [0.2, 0.25) is 0 Å². The first-order chi connectivity index (χ1) is 16.0. The zero-order valence-electron chi connectivity index (χ0n) is 19.4. The second-order valence-corrected chi connectivity index (χ2v) is 9.80. The average Bonchev–Trinajstić information content (AvgIpc) is 2.78. The van der Waals surface area contributed by atoms with Gasteiger partial charge in [0.15, 0.2) is 0 Å². The van der Waals surface area contributed by atoms with Gasteiger partial charge in [0.05, 0.1) is 17.2 Å². The molecule has 4 rings (SSSR count). The Morgan fingerprint density at radius 3 is 2.56 bits per heavy atom. The van der Waals surface area contributed by atoms with E-state index in [9.17, 15) is 23.1 Å². The number of benzene rings is 1. The van der Waals surface area contributed by atoms with Gasteiger partial charge in [-0.1, -0.05) is 30.3 Å². The van der Waals surface area contributed by atoms with Crippen molar-refractivity contribution in [2.75, 3.05) is 24.5 Å². The van der Waals surface area contributed by atoms with Crippen LogP contribution in [0, 0.1) is 0 Å². The Bertz CT molecular complexity index is 1010. The van der Waals surface area contributed by atoms with Crippen molar-refractivity contribution in [3.05, 3.63) is 59.8 Å². The van der Waals surface area contributed by atoms with Crippen LogP contribution in [0.25, 0.3) is 0 Å². The molecule has 1 amide bonds. The minimum absolute atomic E-state index is 0.200. The number of ether oxygens (including phenoxy) is 1. The SMILES string of the molecule is CC(C)(O)CC1(c2ccccc2)CCN(C2CCCN(c3cc(C(F)(F)F)ccn3)C2)C(=O)O1. The van der Waals surface area contributed by atoms with Gasteiger partial charge in [0, 0.05) is 38.7 Å². The number of rotatable bonds is 5. The molecule has 2 fully saturated rings. The van der Waals surface area contributed by atoms with Crippen LogP contribution >= 0.6 is 0 Å². The Hall–Kier alpha value is -2.81. The van der Waals surface area contributed by atoms with Gasteiger partial charge >= 0.3 is 12.3 Å². The predicted molar refractivity (Wildman–Crippen MR) is 121 cm³/mol. The lowest BCUT2D eigenvalue weighted by Crippen LogP contribution is -2.57. The number of carbonyl (C=O) groups excluding carboxylic acids is 1. The van der Waals surface area contributed by atoms with Gasteiger partial charge in [-0.05, 0) is 44.4 Å². The number of pyridine rings is 1. The molecule has 2 atom stereocenters. The molecule has 6 nitrogen and oxygen atoms in total. The third-order valence-corrected chi connectivity index (χ3v) is 6.53. The molecule has 1 aromatic carbocycles. The summed E-state index contributed by atoms with van der Waals surface area (Å²) in [7, 11) is 0. The van der Waals surface area contributed by atoms with E-state index in [0.29, 0.717) is 26.1 Å². The molecule has 2 saturated heterocycles. The van der Waals surface area contributed by atoms with E-state index in [0.717, 1.165) is 30.5 Å². The van der Waals surface area contributed by atoms with Crippen molar-refractivity contribution in [3.8, 4) is 0 Å². The van der Waals surface area contributed by atoms with E-state index in [1.54, 1.807) is 23.6 Å². The van der Waals surface area contributed by atoms with E-state index in [2.05, 4.69) is 4.98 Å². The first-order valence-corrected chi connectivity index (χ1v) is 11.5. The summed E-state index contributed by atoms with van der Waals surface area (Å²) < 4.78 is 45.5. The number of amides is 1. The van der Waals surface area contributed by atoms with Crippen molar-refractivity contribution < 1.29 is 27.8 Å². The zero-order chi connectivity index (χ0) is 24.6. The van der Waals surface area contributed by atoms with Crippen molar-refractivity contribution in [2.24, 2.45) is 0 Å². The molecule has 0 aliphatic carbocycles. The molecule has 184 valence electrons. The molecule has 3 heterocycles. The number of hydrogen-bond donors (Lipinski definition) is 1. The van der Waals surface area contributed by atoms with E-state index in [1.165, 1.54) is 6.20 Å². The Balaban J connectivity index is 1.51. The van der Waals surface area contributed by atoms with E-state index in [1.807, 2.05) is 30.3 Å². The van der Waals surface area contributed by atoms with Crippen LogP contribution in [0.15, 0.2) is 48.7 Å². The van der Waals surface area contributed by atoms with Crippen LogP contribution in [0.3, 0.4) is 0 Å². The van der Waals surface area contributed by atoms with Crippen LogP contribution in [0.1, 0.15) is 50.7 Å². The largest absolute Gasteiger partial charge is 0.438 e. The van der Waals surface area contributed by atoms with Crippen LogP contribution in [0.4, 0.5) is 23.8 Å². The number of piperidine rings is 1. The van der Waals surface area contributed by atoms with Gasteiger partial charge < -0.3 is 19.6 Å². The highest BCUT2D eigenvalue weighted by Gasteiger charge is 2.47. The molecule has 1 aromatic heterocycles. The summed E-state index contributed by atoms with van der Waals surface area (Å²) in [5.74, 6) is 0.255. The fourth-order valence-electron chi connectivity index (χ4n) is 5.06. The van der Waals surface area contributed by atoms with Crippen LogP contribution < -0.4 is 4.90 Å². The molecule has 2 aromatic rings. The van der Waals surface area contributed by atoms with Crippen molar-refractivity contribution in [1.29, 1.82) is 0 Å². The summed E-state index contributed by atoms with van der Waals surface area (Å²) in [6.45, 7) is 4.77. The highest BCUT2D eigenvalue weighted by molar-refractivity contribution is 5.70. The Morgan fingerprint density at radius 2 is 1.91 bits per heavy atom. The summed E-state index contributed by atoms with van der Waals surface area (Å²) in [5, 5.41) is 10.5. The second-order valence-electron chi connectivity index (χ2n) is 9.80. The number of carbonyl (C=O) groups is 1. The number of aromatic nitrogens is 1. The number of aliphatic hydroxyl groups is 1. The molecule has 9 heteroatoms. The Kier molecular flexibility index (Phi) is 6.50. The van der Waals surface area contributed by atoms with Crippen LogP contribution in [0.2, 0.25) is 0 Å². The number of alkyl halides is 3. The predicted octanol–water partition coefficient (Wildman–Crippen LogP) is 4.97. The average molecular weight is 478 g/mol. The van der Waals surface area contributed by atoms with E-state index < -0.39 is 29.0 Å². The maximum Gasteiger partial charge on any atom is 0.416 e. The summed E-state index contributed by atoms with van der Waals surface area (Å²) in [6.07, 6.45) is -1.52. The first-order valence-electron chi connectivity index (χ1n) is 11.5. The van der Waals surface area contributed by atoms with E-state index in [4.69, 9.17) is 4.74 Å². The lowest BCUT2D eigenvalue weighted by Gasteiger charge is -2.47. The summed E-state index contributed by atoms with van der Waals surface area (Å²) >= 11 is 0. The lowest BCUT2D eigenvalue weighted by molar-refractivity contribution is -0.137. The van der Waals surface area contributed by atoms with Gasteiger partial charge in [-0.3, -0.25) is 0 Å². The van der Waals surface area contributed by atoms with Crippen molar-refractivity contribution in [1.82, 2.24) is 9.88 Å². The molecule has 0 bridgehead atoms. The highest BCUT2D eigenvalue weighted by Crippen LogP contribution is 2.41. The number of nitrogens with zero attached hydrogens (tertiary/aromatic N) is 3. The number of halogens is 3. The number of anilines is 1. The molecule has 2 aliphatic heterocycles. The fourth-order valence-corrected chi connectivity index (χ4v) is 5.06. The topological polar surface area (TPSA) is 65.9 Å². The molecule has 0 radical (unpaired) electrons. The van der Waals surface area contributed by atoms with Gasteiger partial charge in [0.25, 0.3) is 0 Å². The molecule has 1 N–H and O–H groups in total. The highest BCUT2D eigenvalue weighted by atomic mass is 19.4. The molecule has 2 aliphatic rings. The summed E-state index contributed by atoms with van der Waals surface area (Å²) in [5.41, 5.74) is -1.89. The molecule has 0 spiro atoms. The minimum atomic E-state index is -4.44. The first kappa shape index (κ1) is 24.3. The van der Waals surface area contributed by atoms with Crippen LogP contribution in [-0.2, 0) is 16.5 Å². The molecule has 0 saturated carbocycles. The van der Waals surface area contributed by atoms with E-state index in [-0.39, 0.29) is 18.3 Å². The minimum Gasteiger partial charge on any atom is -0.438 e. The van der Waals surface area contributed by atoms with Gasteiger partial charge in [-0.25, -0.2) is 9.78 Å².